The van der Waals surface area contributed by atoms with Crippen molar-refractivity contribution in [1.82, 2.24) is 20.0 Å². The number of aryl methyl sites for hydroxylation is 2. The minimum Gasteiger partial charge on any atom is -0.382 e. The van der Waals surface area contributed by atoms with Crippen molar-refractivity contribution in [3.05, 3.63) is 29.6 Å². The molecule has 0 aliphatic carbocycles. The Kier molecular flexibility index (Phi) is 2.73. The maximum atomic E-state index is 11.8. The second kappa shape index (κ2) is 4.20. The summed E-state index contributed by atoms with van der Waals surface area (Å²) in [6, 6.07) is 4.81. The highest BCUT2D eigenvalue weighted by Gasteiger charge is 2.10. The first-order chi connectivity index (χ1) is 8.06. The Morgan fingerprint density at radius 3 is 2.71 bits per heavy atom. The molecule has 0 bridgehead atoms. The van der Waals surface area contributed by atoms with Gasteiger partial charge in [0, 0.05) is 13.1 Å². The van der Waals surface area contributed by atoms with Gasteiger partial charge in [-0.1, -0.05) is 0 Å². The third-order valence-corrected chi connectivity index (χ3v) is 2.16. The smallest absolute Gasteiger partial charge is 0.277 e. The number of nitrogen functional groups attached to an aromatic ring is 1. The molecule has 0 spiro atoms. The number of amides is 1. The van der Waals surface area contributed by atoms with Gasteiger partial charge in [-0.15, -0.1) is 10.2 Å². The van der Waals surface area contributed by atoms with Crippen LogP contribution in [0, 0.1) is 6.92 Å². The number of rotatable bonds is 2. The summed E-state index contributed by atoms with van der Waals surface area (Å²) in [5.74, 6) is 0.532. The number of nitrogens with zero attached hydrogens (tertiary/aromatic N) is 4. The van der Waals surface area contributed by atoms with Crippen LogP contribution in [0.1, 0.15) is 16.2 Å². The molecule has 17 heavy (non-hydrogen) atoms. The molecule has 7 heteroatoms. The molecule has 0 aliphatic heterocycles. The van der Waals surface area contributed by atoms with E-state index in [2.05, 4.69) is 20.6 Å². The number of carbonyl (C=O) groups is 1. The Hall–Kier alpha value is -2.44. The normalized spacial score (nSPS) is 10.2. The van der Waals surface area contributed by atoms with Gasteiger partial charge in [0.1, 0.15) is 11.6 Å². The molecule has 0 aromatic carbocycles. The van der Waals surface area contributed by atoms with Crippen LogP contribution >= 0.6 is 0 Å². The molecule has 3 N–H and O–H groups in total. The standard InChI is InChI=1S/C10H12N6O/c1-6-5-9(16(2)15-6)12-10(17)7-3-4-8(11)14-13-7/h3-5H,1-2H3,(H2,11,14)(H,12,17). The van der Waals surface area contributed by atoms with Crippen LogP contribution in [0.5, 0.6) is 0 Å². The minimum atomic E-state index is -0.347. The van der Waals surface area contributed by atoms with Crippen molar-refractivity contribution < 1.29 is 4.79 Å². The van der Waals surface area contributed by atoms with Crippen LogP contribution in [0.25, 0.3) is 0 Å². The van der Waals surface area contributed by atoms with Crippen LogP contribution < -0.4 is 11.1 Å². The molecule has 0 atom stereocenters. The van der Waals surface area contributed by atoms with Crippen molar-refractivity contribution in [2.75, 3.05) is 11.1 Å². The lowest BCUT2D eigenvalue weighted by molar-refractivity contribution is 0.102. The second-order valence-electron chi connectivity index (χ2n) is 3.59. The lowest BCUT2D eigenvalue weighted by Gasteiger charge is -2.03. The molecule has 2 aromatic heterocycles. The lowest BCUT2D eigenvalue weighted by atomic mass is 10.3. The fraction of sp³-hybridized carbons (Fsp3) is 0.200. The lowest BCUT2D eigenvalue weighted by Crippen LogP contribution is -2.16. The van der Waals surface area contributed by atoms with Gasteiger partial charge in [-0.3, -0.25) is 9.48 Å². The van der Waals surface area contributed by atoms with Crippen LogP contribution in [-0.4, -0.2) is 25.9 Å². The first-order valence-electron chi connectivity index (χ1n) is 4.97. The molecule has 2 heterocycles. The third-order valence-electron chi connectivity index (χ3n) is 2.16. The molecule has 88 valence electrons. The molecule has 0 fully saturated rings. The average molecular weight is 232 g/mol. The Bertz CT molecular complexity index is 544. The van der Waals surface area contributed by atoms with Gasteiger partial charge in [0.2, 0.25) is 0 Å². The Labute approximate surface area is 97.6 Å². The summed E-state index contributed by atoms with van der Waals surface area (Å²) in [6.07, 6.45) is 0. The number of anilines is 2. The highest BCUT2D eigenvalue weighted by atomic mass is 16.2. The number of carbonyl (C=O) groups excluding carboxylic acids is 1. The van der Waals surface area contributed by atoms with Gasteiger partial charge in [0.15, 0.2) is 5.69 Å². The zero-order chi connectivity index (χ0) is 12.4. The van der Waals surface area contributed by atoms with Gasteiger partial charge < -0.3 is 11.1 Å². The van der Waals surface area contributed by atoms with Gasteiger partial charge in [-0.05, 0) is 19.1 Å². The van der Waals surface area contributed by atoms with Crippen molar-refractivity contribution in [3.63, 3.8) is 0 Å². The molecule has 0 unspecified atom stereocenters. The van der Waals surface area contributed by atoms with E-state index < -0.39 is 0 Å². The van der Waals surface area contributed by atoms with Crippen molar-refractivity contribution in [2.24, 2.45) is 7.05 Å². The SMILES string of the molecule is Cc1cc(NC(=O)c2ccc(N)nn2)n(C)n1. The highest BCUT2D eigenvalue weighted by molar-refractivity contribution is 6.02. The first kappa shape index (κ1) is 11.1. The van der Waals surface area contributed by atoms with Crippen LogP contribution in [0.4, 0.5) is 11.6 Å². The molecule has 2 aromatic rings. The first-order valence-corrected chi connectivity index (χ1v) is 4.97. The van der Waals surface area contributed by atoms with E-state index in [0.717, 1.165) is 5.69 Å². The quantitative estimate of drug-likeness (QED) is 0.778. The van der Waals surface area contributed by atoms with Gasteiger partial charge >= 0.3 is 0 Å². The second-order valence-corrected chi connectivity index (χ2v) is 3.59. The van der Waals surface area contributed by atoms with Gasteiger partial charge in [-0.25, -0.2) is 0 Å². The van der Waals surface area contributed by atoms with Crippen LogP contribution in [0.2, 0.25) is 0 Å². The predicted octanol–water partition coefficient (Wildman–Crippen LogP) is 0.353. The number of nitrogens with two attached hydrogens (primary N) is 1. The van der Waals surface area contributed by atoms with E-state index in [1.807, 2.05) is 6.92 Å². The topological polar surface area (TPSA) is 98.7 Å². The van der Waals surface area contributed by atoms with E-state index in [1.54, 1.807) is 17.8 Å². The van der Waals surface area contributed by atoms with Crippen LogP contribution in [-0.2, 0) is 7.05 Å². The van der Waals surface area contributed by atoms with E-state index in [4.69, 9.17) is 5.73 Å². The maximum Gasteiger partial charge on any atom is 0.277 e. The molecule has 7 nitrogen and oxygen atoms in total. The van der Waals surface area contributed by atoms with E-state index in [0.29, 0.717) is 5.82 Å². The number of nitrogens with one attached hydrogen (secondary N) is 1. The summed E-state index contributed by atoms with van der Waals surface area (Å²) < 4.78 is 1.58. The van der Waals surface area contributed by atoms with Crippen molar-refractivity contribution in [3.8, 4) is 0 Å². The molecule has 0 saturated heterocycles. The summed E-state index contributed by atoms with van der Waals surface area (Å²) in [7, 11) is 1.75. The Morgan fingerprint density at radius 1 is 1.41 bits per heavy atom. The van der Waals surface area contributed by atoms with E-state index in [9.17, 15) is 4.79 Å². The molecule has 0 aliphatic rings. The Morgan fingerprint density at radius 2 is 2.18 bits per heavy atom. The summed E-state index contributed by atoms with van der Waals surface area (Å²) in [6.45, 7) is 1.85. The molecule has 0 radical (unpaired) electrons. The largest absolute Gasteiger partial charge is 0.382 e. The third kappa shape index (κ3) is 2.39. The summed E-state index contributed by atoms with van der Waals surface area (Å²) in [5, 5.41) is 14.1. The molecular weight excluding hydrogens is 220 g/mol. The van der Waals surface area contributed by atoms with Gasteiger partial charge in [0.25, 0.3) is 5.91 Å². The molecular formula is C10H12N6O. The summed E-state index contributed by atoms with van der Waals surface area (Å²) >= 11 is 0. The zero-order valence-electron chi connectivity index (χ0n) is 9.51. The predicted molar refractivity (Wildman–Crippen MR) is 62.3 cm³/mol. The minimum absolute atomic E-state index is 0.207. The molecule has 1 amide bonds. The van der Waals surface area contributed by atoms with E-state index in [-0.39, 0.29) is 17.4 Å². The summed E-state index contributed by atoms with van der Waals surface area (Å²) in [5.41, 5.74) is 6.42. The van der Waals surface area contributed by atoms with Crippen molar-refractivity contribution in [2.45, 2.75) is 6.92 Å². The van der Waals surface area contributed by atoms with Gasteiger partial charge in [-0.2, -0.15) is 5.10 Å². The van der Waals surface area contributed by atoms with E-state index >= 15 is 0 Å². The molecule has 0 saturated carbocycles. The molecule has 2 rings (SSSR count). The van der Waals surface area contributed by atoms with Crippen molar-refractivity contribution >= 4 is 17.5 Å². The average Bonchev–Trinajstić information content (AvgIpc) is 2.58. The number of hydrogen-bond donors (Lipinski definition) is 2. The Balaban J connectivity index is 2.17. The van der Waals surface area contributed by atoms with Crippen molar-refractivity contribution in [1.29, 1.82) is 0 Å². The van der Waals surface area contributed by atoms with Gasteiger partial charge in [0.05, 0.1) is 5.69 Å². The maximum absolute atomic E-state index is 11.8. The number of hydrogen-bond acceptors (Lipinski definition) is 5. The number of aromatic nitrogens is 4. The van der Waals surface area contributed by atoms with Crippen LogP contribution in [0.15, 0.2) is 18.2 Å². The zero-order valence-corrected chi connectivity index (χ0v) is 9.51. The highest BCUT2D eigenvalue weighted by Crippen LogP contribution is 2.09. The summed E-state index contributed by atoms with van der Waals surface area (Å²) in [4.78, 5) is 11.8. The fourth-order valence-electron chi connectivity index (χ4n) is 1.37. The monoisotopic (exact) mass is 232 g/mol. The van der Waals surface area contributed by atoms with Crippen LogP contribution in [0.3, 0.4) is 0 Å². The fourth-order valence-corrected chi connectivity index (χ4v) is 1.37. The van der Waals surface area contributed by atoms with E-state index in [1.165, 1.54) is 12.1 Å².